The van der Waals surface area contributed by atoms with E-state index in [0.717, 1.165) is 25.0 Å². The summed E-state index contributed by atoms with van der Waals surface area (Å²) in [7, 11) is 0. The van der Waals surface area contributed by atoms with Gasteiger partial charge in [0.05, 0.1) is 6.54 Å². The largest absolute Gasteiger partial charge is 0.314 e. The third kappa shape index (κ3) is 2.93. The lowest BCUT2D eigenvalue weighted by Crippen LogP contribution is -2.44. The molecular formula is C14H24N4. The Morgan fingerprint density at radius 3 is 3.00 bits per heavy atom. The van der Waals surface area contributed by atoms with E-state index in [1.807, 2.05) is 16.9 Å². The number of nitrogens with one attached hydrogen (secondary N) is 1. The summed E-state index contributed by atoms with van der Waals surface area (Å²) >= 11 is 0. The molecule has 2 fully saturated rings. The Morgan fingerprint density at radius 1 is 1.22 bits per heavy atom. The number of aromatic nitrogens is 2. The highest BCUT2D eigenvalue weighted by atomic mass is 15.3. The maximum absolute atomic E-state index is 4.27. The van der Waals surface area contributed by atoms with E-state index in [0.29, 0.717) is 0 Å². The fourth-order valence-corrected chi connectivity index (χ4v) is 3.41. The second-order valence-electron chi connectivity index (χ2n) is 5.67. The van der Waals surface area contributed by atoms with E-state index in [4.69, 9.17) is 0 Å². The molecule has 4 nitrogen and oxygen atoms in total. The third-order valence-electron chi connectivity index (χ3n) is 4.41. The minimum Gasteiger partial charge on any atom is -0.314 e. The predicted octanol–water partition coefficient (Wildman–Crippen LogP) is 1.35. The van der Waals surface area contributed by atoms with Crippen molar-refractivity contribution in [1.82, 2.24) is 20.0 Å². The number of hydrogen-bond acceptors (Lipinski definition) is 3. The van der Waals surface area contributed by atoms with Gasteiger partial charge in [0.25, 0.3) is 0 Å². The highest BCUT2D eigenvalue weighted by Crippen LogP contribution is 2.24. The van der Waals surface area contributed by atoms with Crippen LogP contribution in [0.3, 0.4) is 0 Å². The predicted molar refractivity (Wildman–Crippen MR) is 72.4 cm³/mol. The average Bonchev–Trinajstić information content (AvgIpc) is 3.10. The molecule has 2 aliphatic heterocycles. The second kappa shape index (κ2) is 5.85. The normalized spacial score (nSPS) is 29.8. The Bertz CT molecular complexity index is 343. The first kappa shape index (κ1) is 12.2. The van der Waals surface area contributed by atoms with Crippen LogP contribution in [0.1, 0.15) is 25.7 Å². The Morgan fingerprint density at radius 2 is 2.22 bits per heavy atom. The summed E-state index contributed by atoms with van der Waals surface area (Å²) in [5.41, 5.74) is 0. The smallest absolute Gasteiger partial charge is 0.0536 e. The van der Waals surface area contributed by atoms with E-state index in [1.165, 1.54) is 45.3 Å². The van der Waals surface area contributed by atoms with Gasteiger partial charge >= 0.3 is 0 Å². The van der Waals surface area contributed by atoms with Gasteiger partial charge in [-0.2, -0.15) is 5.10 Å². The van der Waals surface area contributed by atoms with Gasteiger partial charge in [-0.1, -0.05) is 0 Å². The molecule has 0 saturated carbocycles. The van der Waals surface area contributed by atoms with Gasteiger partial charge in [0.15, 0.2) is 0 Å². The van der Waals surface area contributed by atoms with E-state index in [1.54, 1.807) is 0 Å². The summed E-state index contributed by atoms with van der Waals surface area (Å²) in [4.78, 5) is 2.62. The number of rotatable bonds is 4. The number of hydrogen-bond donors (Lipinski definition) is 1. The fraction of sp³-hybridized carbons (Fsp3) is 0.786. The Balaban J connectivity index is 1.47. The molecule has 0 bridgehead atoms. The summed E-state index contributed by atoms with van der Waals surface area (Å²) in [6.45, 7) is 5.95. The zero-order valence-corrected chi connectivity index (χ0v) is 11.1. The molecule has 2 atom stereocenters. The van der Waals surface area contributed by atoms with Crippen LogP contribution >= 0.6 is 0 Å². The van der Waals surface area contributed by atoms with Gasteiger partial charge in [-0.3, -0.25) is 4.68 Å². The SMILES string of the molecule is c1cnn(CCN2CCCC(C3CCCN3)C2)c1. The third-order valence-corrected chi connectivity index (χ3v) is 4.41. The van der Waals surface area contributed by atoms with Gasteiger partial charge in [-0.25, -0.2) is 0 Å². The topological polar surface area (TPSA) is 33.1 Å². The highest BCUT2D eigenvalue weighted by Gasteiger charge is 2.28. The summed E-state index contributed by atoms with van der Waals surface area (Å²) < 4.78 is 2.04. The van der Waals surface area contributed by atoms with Crippen molar-refractivity contribution in [3.63, 3.8) is 0 Å². The van der Waals surface area contributed by atoms with Crippen molar-refractivity contribution >= 4 is 0 Å². The minimum absolute atomic E-state index is 0.789. The van der Waals surface area contributed by atoms with E-state index >= 15 is 0 Å². The van der Waals surface area contributed by atoms with Crippen LogP contribution in [0.25, 0.3) is 0 Å². The molecule has 1 N–H and O–H groups in total. The Hall–Kier alpha value is -0.870. The first-order valence-electron chi connectivity index (χ1n) is 7.35. The molecule has 1 aromatic rings. The maximum atomic E-state index is 4.27. The molecule has 100 valence electrons. The van der Waals surface area contributed by atoms with Crippen LogP contribution in [0.15, 0.2) is 18.5 Å². The molecule has 0 aromatic carbocycles. The maximum Gasteiger partial charge on any atom is 0.0536 e. The molecule has 0 amide bonds. The zero-order chi connectivity index (χ0) is 12.2. The van der Waals surface area contributed by atoms with Crippen LogP contribution in [0, 0.1) is 5.92 Å². The van der Waals surface area contributed by atoms with Crippen LogP contribution < -0.4 is 5.32 Å². The molecule has 2 saturated heterocycles. The monoisotopic (exact) mass is 248 g/mol. The standard InChI is InChI=1S/C14H24N4/c1-5-14(15-6-1)13-4-2-8-17(12-13)10-11-18-9-3-7-16-18/h3,7,9,13-15H,1-2,4-6,8,10-12H2. The first-order chi connectivity index (χ1) is 8.92. The summed E-state index contributed by atoms with van der Waals surface area (Å²) in [5.74, 6) is 0.874. The van der Waals surface area contributed by atoms with Crippen molar-refractivity contribution in [2.75, 3.05) is 26.2 Å². The van der Waals surface area contributed by atoms with Gasteiger partial charge in [-0.05, 0) is 50.8 Å². The van der Waals surface area contributed by atoms with E-state index in [2.05, 4.69) is 21.5 Å². The number of piperidine rings is 1. The molecule has 2 unspecified atom stereocenters. The van der Waals surface area contributed by atoms with E-state index in [9.17, 15) is 0 Å². The molecule has 0 spiro atoms. The van der Waals surface area contributed by atoms with Gasteiger partial charge in [-0.15, -0.1) is 0 Å². The molecule has 3 heterocycles. The lowest BCUT2D eigenvalue weighted by molar-refractivity contribution is 0.146. The van der Waals surface area contributed by atoms with Crippen molar-refractivity contribution < 1.29 is 0 Å². The van der Waals surface area contributed by atoms with Gasteiger partial charge in [0.1, 0.15) is 0 Å². The second-order valence-corrected chi connectivity index (χ2v) is 5.67. The van der Waals surface area contributed by atoms with Crippen LogP contribution in [0.4, 0.5) is 0 Å². The lowest BCUT2D eigenvalue weighted by Gasteiger charge is -2.35. The number of nitrogens with zero attached hydrogens (tertiary/aromatic N) is 3. The van der Waals surface area contributed by atoms with Crippen LogP contribution in [-0.4, -0.2) is 46.9 Å². The average molecular weight is 248 g/mol. The van der Waals surface area contributed by atoms with Gasteiger partial charge in [0, 0.05) is 31.5 Å². The summed E-state index contributed by atoms with van der Waals surface area (Å²) in [5, 5.41) is 7.95. The van der Waals surface area contributed by atoms with Crippen molar-refractivity contribution in [3.8, 4) is 0 Å². The minimum atomic E-state index is 0.789. The van der Waals surface area contributed by atoms with Crippen molar-refractivity contribution in [1.29, 1.82) is 0 Å². The van der Waals surface area contributed by atoms with Crippen LogP contribution in [0.2, 0.25) is 0 Å². The van der Waals surface area contributed by atoms with E-state index in [-0.39, 0.29) is 0 Å². The van der Waals surface area contributed by atoms with E-state index < -0.39 is 0 Å². The molecule has 0 radical (unpaired) electrons. The Labute approximate surface area is 109 Å². The molecule has 0 aliphatic carbocycles. The highest BCUT2D eigenvalue weighted by molar-refractivity contribution is 4.86. The quantitative estimate of drug-likeness (QED) is 0.873. The van der Waals surface area contributed by atoms with Crippen molar-refractivity contribution in [3.05, 3.63) is 18.5 Å². The van der Waals surface area contributed by atoms with Gasteiger partial charge in [0.2, 0.25) is 0 Å². The summed E-state index contributed by atoms with van der Waals surface area (Å²) in [6, 6.07) is 2.79. The van der Waals surface area contributed by atoms with Crippen molar-refractivity contribution in [2.45, 2.75) is 38.3 Å². The van der Waals surface area contributed by atoms with Crippen molar-refractivity contribution in [2.24, 2.45) is 5.92 Å². The molecule has 3 rings (SSSR count). The molecular weight excluding hydrogens is 224 g/mol. The first-order valence-corrected chi connectivity index (χ1v) is 7.35. The molecule has 18 heavy (non-hydrogen) atoms. The zero-order valence-electron chi connectivity index (χ0n) is 11.1. The van der Waals surface area contributed by atoms with Crippen LogP contribution in [-0.2, 0) is 6.54 Å². The van der Waals surface area contributed by atoms with Crippen LogP contribution in [0.5, 0.6) is 0 Å². The lowest BCUT2D eigenvalue weighted by atomic mass is 9.90. The molecule has 1 aromatic heterocycles. The summed E-state index contributed by atoms with van der Waals surface area (Å²) in [6.07, 6.45) is 9.45. The Kier molecular flexibility index (Phi) is 3.96. The molecule has 4 heteroatoms. The fourth-order valence-electron chi connectivity index (χ4n) is 3.41. The van der Waals surface area contributed by atoms with Gasteiger partial charge < -0.3 is 10.2 Å². The molecule has 2 aliphatic rings. The number of likely N-dealkylation sites (tertiary alicyclic amines) is 1.